The van der Waals surface area contributed by atoms with E-state index in [2.05, 4.69) is 5.32 Å². The van der Waals surface area contributed by atoms with Gasteiger partial charge in [-0.05, 0) is 36.7 Å². The van der Waals surface area contributed by atoms with Crippen LogP contribution < -0.4 is 5.32 Å². The molecule has 1 N–H and O–H groups in total. The first-order valence-corrected chi connectivity index (χ1v) is 5.68. The highest BCUT2D eigenvalue weighted by atomic mass is 35.5. The summed E-state index contributed by atoms with van der Waals surface area (Å²) in [5.41, 5.74) is -0.385. The zero-order chi connectivity index (χ0) is 10.9. The van der Waals surface area contributed by atoms with E-state index in [1.165, 1.54) is 0 Å². The molecule has 0 amide bonds. The zero-order valence-electron chi connectivity index (χ0n) is 8.19. The number of halogens is 3. The van der Waals surface area contributed by atoms with Crippen molar-refractivity contribution in [3.05, 3.63) is 33.8 Å². The summed E-state index contributed by atoms with van der Waals surface area (Å²) in [5, 5.41) is 4.20. The molecule has 1 atom stereocenters. The molecule has 2 rings (SSSR count). The third-order valence-electron chi connectivity index (χ3n) is 2.71. The topological polar surface area (TPSA) is 12.0 Å². The first kappa shape index (κ1) is 11.2. The van der Waals surface area contributed by atoms with E-state index in [0.717, 1.165) is 12.1 Å². The van der Waals surface area contributed by atoms with Gasteiger partial charge in [0, 0.05) is 23.0 Å². The first-order chi connectivity index (χ1) is 7.09. The molecule has 1 aliphatic rings. The van der Waals surface area contributed by atoms with Gasteiger partial charge in [0.1, 0.15) is 5.67 Å². The van der Waals surface area contributed by atoms with Crippen molar-refractivity contribution in [2.75, 3.05) is 13.1 Å². The predicted molar refractivity (Wildman–Crippen MR) is 61.5 cm³/mol. The summed E-state index contributed by atoms with van der Waals surface area (Å²) >= 11 is 11.8. The molecule has 0 spiro atoms. The molecule has 0 bridgehead atoms. The summed E-state index contributed by atoms with van der Waals surface area (Å²) < 4.78 is 14.1. The molecule has 0 aliphatic carbocycles. The van der Waals surface area contributed by atoms with Gasteiger partial charge in [-0.1, -0.05) is 23.2 Å². The molecule has 15 heavy (non-hydrogen) atoms. The average molecular weight is 248 g/mol. The lowest BCUT2D eigenvalue weighted by atomic mass is 9.95. The highest BCUT2D eigenvalue weighted by Crippen LogP contribution is 2.29. The van der Waals surface area contributed by atoms with E-state index in [1.807, 2.05) is 0 Å². The maximum Gasteiger partial charge on any atom is 0.128 e. The van der Waals surface area contributed by atoms with Gasteiger partial charge in [0.05, 0.1) is 0 Å². The van der Waals surface area contributed by atoms with E-state index in [0.29, 0.717) is 29.4 Å². The Morgan fingerprint density at radius 1 is 1.40 bits per heavy atom. The highest BCUT2D eigenvalue weighted by Gasteiger charge is 2.34. The molecule has 0 aromatic heterocycles. The quantitative estimate of drug-likeness (QED) is 0.847. The predicted octanol–water partition coefficient (Wildman–Crippen LogP) is 3.24. The zero-order valence-corrected chi connectivity index (χ0v) is 9.71. The van der Waals surface area contributed by atoms with E-state index >= 15 is 0 Å². The molecule has 1 aromatic carbocycles. The summed E-state index contributed by atoms with van der Waals surface area (Å²) in [6.07, 6.45) is 0.870. The van der Waals surface area contributed by atoms with Gasteiger partial charge < -0.3 is 5.32 Å². The minimum Gasteiger partial charge on any atom is -0.313 e. The van der Waals surface area contributed by atoms with Gasteiger partial charge >= 0.3 is 0 Å². The monoisotopic (exact) mass is 247 g/mol. The van der Waals surface area contributed by atoms with Crippen molar-refractivity contribution >= 4 is 23.2 Å². The standard InChI is InChI=1S/C11H12Cl2FN/c12-9-1-2-10(13)8(5-9)6-11(14)3-4-15-7-11/h1-2,5,15H,3-4,6-7H2. The molecule has 1 nitrogen and oxygen atoms in total. The van der Waals surface area contributed by atoms with Gasteiger partial charge in [-0.3, -0.25) is 0 Å². The molecule has 1 saturated heterocycles. The minimum atomic E-state index is -1.17. The van der Waals surface area contributed by atoms with Crippen LogP contribution in [0.2, 0.25) is 10.0 Å². The van der Waals surface area contributed by atoms with Crippen LogP contribution in [0, 0.1) is 0 Å². The molecule has 1 unspecified atom stereocenters. The molecule has 1 aromatic rings. The molecule has 82 valence electrons. The van der Waals surface area contributed by atoms with Crippen molar-refractivity contribution in [3.8, 4) is 0 Å². The van der Waals surface area contributed by atoms with Crippen LogP contribution in [0.1, 0.15) is 12.0 Å². The molecule has 1 heterocycles. The maximum atomic E-state index is 14.1. The lowest BCUT2D eigenvalue weighted by molar-refractivity contribution is 0.190. The maximum absolute atomic E-state index is 14.1. The number of rotatable bonds is 2. The molecular formula is C11H12Cl2FN. The van der Waals surface area contributed by atoms with Gasteiger partial charge in [0.25, 0.3) is 0 Å². The second-order valence-electron chi connectivity index (χ2n) is 3.99. The van der Waals surface area contributed by atoms with E-state index in [9.17, 15) is 4.39 Å². The van der Waals surface area contributed by atoms with Crippen molar-refractivity contribution in [1.82, 2.24) is 5.32 Å². The van der Waals surface area contributed by atoms with Crippen molar-refractivity contribution in [2.45, 2.75) is 18.5 Å². The Balaban J connectivity index is 2.19. The van der Waals surface area contributed by atoms with Gasteiger partial charge in [-0.25, -0.2) is 4.39 Å². The lowest BCUT2D eigenvalue weighted by Crippen LogP contribution is -2.28. The second-order valence-corrected chi connectivity index (χ2v) is 4.83. The average Bonchev–Trinajstić information content (AvgIpc) is 2.59. The summed E-state index contributed by atoms with van der Waals surface area (Å²) in [6, 6.07) is 5.17. The third kappa shape index (κ3) is 2.63. The first-order valence-electron chi connectivity index (χ1n) is 4.93. The Morgan fingerprint density at radius 3 is 2.87 bits per heavy atom. The fourth-order valence-corrected chi connectivity index (χ4v) is 2.26. The summed E-state index contributed by atoms with van der Waals surface area (Å²) in [7, 11) is 0. The van der Waals surface area contributed by atoms with Gasteiger partial charge in [-0.15, -0.1) is 0 Å². The third-order valence-corrected chi connectivity index (χ3v) is 3.31. The van der Waals surface area contributed by atoms with Gasteiger partial charge in [0.15, 0.2) is 0 Å². The SMILES string of the molecule is FC1(Cc2cc(Cl)ccc2Cl)CCNC1. The molecular weight excluding hydrogens is 236 g/mol. The Morgan fingerprint density at radius 2 is 2.20 bits per heavy atom. The van der Waals surface area contributed by atoms with Crippen LogP contribution in [0.5, 0.6) is 0 Å². The van der Waals surface area contributed by atoms with Crippen LogP contribution in [0.3, 0.4) is 0 Å². The van der Waals surface area contributed by atoms with E-state index in [1.54, 1.807) is 18.2 Å². The Hall–Kier alpha value is -0.310. The molecule has 0 radical (unpaired) electrons. The molecule has 0 saturated carbocycles. The second kappa shape index (κ2) is 4.28. The Labute approximate surface area is 98.6 Å². The van der Waals surface area contributed by atoms with Crippen molar-refractivity contribution in [3.63, 3.8) is 0 Å². The van der Waals surface area contributed by atoms with Crippen LogP contribution in [-0.4, -0.2) is 18.8 Å². The van der Waals surface area contributed by atoms with Gasteiger partial charge in [-0.2, -0.15) is 0 Å². The normalized spacial score (nSPS) is 25.8. The van der Waals surface area contributed by atoms with Crippen LogP contribution in [0.15, 0.2) is 18.2 Å². The summed E-state index contributed by atoms with van der Waals surface area (Å²) in [4.78, 5) is 0. The fraction of sp³-hybridized carbons (Fsp3) is 0.455. The number of alkyl halides is 1. The molecule has 4 heteroatoms. The van der Waals surface area contributed by atoms with E-state index in [-0.39, 0.29) is 0 Å². The van der Waals surface area contributed by atoms with Crippen molar-refractivity contribution in [1.29, 1.82) is 0 Å². The van der Waals surface area contributed by atoms with Crippen LogP contribution in [0.25, 0.3) is 0 Å². The number of hydrogen-bond acceptors (Lipinski definition) is 1. The smallest absolute Gasteiger partial charge is 0.128 e. The van der Waals surface area contributed by atoms with Gasteiger partial charge in [0.2, 0.25) is 0 Å². The number of hydrogen-bond donors (Lipinski definition) is 1. The van der Waals surface area contributed by atoms with Crippen LogP contribution in [-0.2, 0) is 6.42 Å². The number of benzene rings is 1. The lowest BCUT2D eigenvalue weighted by Gasteiger charge is -2.18. The highest BCUT2D eigenvalue weighted by molar-refractivity contribution is 6.33. The van der Waals surface area contributed by atoms with E-state index < -0.39 is 5.67 Å². The minimum absolute atomic E-state index is 0.333. The van der Waals surface area contributed by atoms with Crippen LogP contribution in [0.4, 0.5) is 4.39 Å². The largest absolute Gasteiger partial charge is 0.313 e. The summed E-state index contributed by atoms with van der Waals surface area (Å²) in [5.74, 6) is 0. The molecule has 1 aliphatic heterocycles. The Kier molecular flexibility index (Phi) is 3.19. The number of nitrogens with one attached hydrogen (secondary N) is 1. The van der Waals surface area contributed by atoms with E-state index in [4.69, 9.17) is 23.2 Å². The fourth-order valence-electron chi connectivity index (χ4n) is 1.88. The van der Waals surface area contributed by atoms with Crippen molar-refractivity contribution < 1.29 is 4.39 Å². The summed E-state index contributed by atoms with van der Waals surface area (Å²) in [6.45, 7) is 1.13. The molecule has 1 fully saturated rings. The van der Waals surface area contributed by atoms with Crippen molar-refractivity contribution in [2.24, 2.45) is 0 Å². The van der Waals surface area contributed by atoms with Crippen LogP contribution >= 0.6 is 23.2 Å². The Bertz CT molecular complexity index is 362.